The van der Waals surface area contributed by atoms with Crippen molar-refractivity contribution in [2.45, 2.75) is 37.3 Å². The van der Waals surface area contributed by atoms with E-state index in [1.165, 1.54) is 12.1 Å². The molecular formula is C12H19N3O3S. The minimum Gasteiger partial charge on any atom is -0.397 e. The lowest BCUT2D eigenvalue weighted by molar-refractivity contribution is -0.0510. The Morgan fingerprint density at radius 1 is 1.42 bits per heavy atom. The zero-order valence-corrected chi connectivity index (χ0v) is 11.7. The van der Waals surface area contributed by atoms with Gasteiger partial charge >= 0.3 is 0 Å². The molecule has 7 heteroatoms. The van der Waals surface area contributed by atoms with Gasteiger partial charge in [-0.25, -0.2) is 13.6 Å². The summed E-state index contributed by atoms with van der Waals surface area (Å²) in [6, 6.07) is 4.44. The number of benzene rings is 1. The molecule has 1 aromatic rings. The summed E-state index contributed by atoms with van der Waals surface area (Å²) in [5.74, 6) is 0. The molecule has 1 saturated carbocycles. The number of aliphatic hydroxyl groups is 1. The Labute approximate surface area is 112 Å². The molecule has 0 radical (unpaired) electrons. The third-order valence-corrected chi connectivity index (χ3v) is 4.81. The molecule has 6 N–H and O–H groups in total. The Hall–Kier alpha value is -1.31. The maximum Gasteiger partial charge on any atom is 0.238 e. The number of nitrogens with two attached hydrogens (primary N) is 2. The number of anilines is 2. The van der Waals surface area contributed by atoms with Gasteiger partial charge in [-0.3, -0.25) is 0 Å². The van der Waals surface area contributed by atoms with Gasteiger partial charge in [0.25, 0.3) is 0 Å². The molecule has 1 aromatic carbocycles. The fourth-order valence-electron chi connectivity index (χ4n) is 2.18. The minimum atomic E-state index is -3.74. The van der Waals surface area contributed by atoms with E-state index in [-0.39, 0.29) is 22.5 Å². The van der Waals surface area contributed by atoms with Crippen molar-refractivity contribution < 1.29 is 13.5 Å². The Kier molecular flexibility index (Phi) is 3.24. The van der Waals surface area contributed by atoms with E-state index < -0.39 is 10.0 Å². The molecule has 0 amide bonds. The van der Waals surface area contributed by atoms with Crippen LogP contribution in [0.2, 0.25) is 0 Å². The Morgan fingerprint density at radius 3 is 2.47 bits per heavy atom. The van der Waals surface area contributed by atoms with Crippen molar-refractivity contribution in [3.05, 3.63) is 18.2 Å². The van der Waals surface area contributed by atoms with Gasteiger partial charge in [0.2, 0.25) is 10.0 Å². The quantitative estimate of drug-likeness (QED) is 0.603. The summed E-state index contributed by atoms with van der Waals surface area (Å²) in [6.45, 7) is 3.93. The van der Waals surface area contributed by atoms with Crippen LogP contribution in [0.3, 0.4) is 0 Å². The van der Waals surface area contributed by atoms with E-state index >= 15 is 0 Å². The molecule has 1 aliphatic carbocycles. The van der Waals surface area contributed by atoms with Crippen molar-refractivity contribution in [2.24, 2.45) is 10.6 Å². The first-order chi connectivity index (χ1) is 8.62. The highest BCUT2D eigenvalue weighted by Crippen LogP contribution is 2.42. The van der Waals surface area contributed by atoms with E-state index in [1.807, 2.05) is 13.8 Å². The predicted octanol–water partition coefficient (Wildman–Crippen LogP) is 0.487. The molecular weight excluding hydrogens is 266 g/mol. The summed E-state index contributed by atoms with van der Waals surface area (Å²) in [6.07, 6.45) is 0.304. The topological polar surface area (TPSA) is 118 Å². The molecule has 0 spiro atoms. The van der Waals surface area contributed by atoms with Gasteiger partial charge in [0.1, 0.15) is 0 Å². The number of aliphatic hydroxyl groups excluding tert-OH is 1. The summed E-state index contributed by atoms with van der Waals surface area (Å²) in [5.41, 5.74) is 6.57. The molecule has 106 valence electrons. The van der Waals surface area contributed by atoms with Crippen LogP contribution >= 0.6 is 0 Å². The van der Waals surface area contributed by atoms with Crippen molar-refractivity contribution >= 4 is 21.4 Å². The lowest BCUT2D eigenvalue weighted by atomic mass is 9.64. The van der Waals surface area contributed by atoms with Crippen LogP contribution in [0.1, 0.15) is 20.3 Å². The van der Waals surface area contributed by atoms with Crippen LogP contribution in [0.25, 0.3) is 0 Å². The van der Waals surface area contributed by atoms with Crippen molar-refractivity contribution in [1.29, 1.82) is 0 Å². The van der Waals surface area contributed by atoms with Crippen molar-refractivity contribution in [3.8, 4) is 0 Å². The SMILES string of the molecule is CC1(C)C(O)CC1Nc1ccc(S(N)(=O)=O)cc1N. The number of nitrogen functional groups attached to an aromatic ring is 1. The Balaban J connectivity index is 2.20. The highest BCUT2D eigenvalue weighted by atomic mass is 32.2. The number of sulfonamides is 1. The molecule has 6 nitrogen and oxygen atoms in total. The molecule has 0 bridgehead atoms. The van der Waals surface area contributed by atoms with Crippen molar-refractivity contribution in [2.75, 3.05) is 11.1 Å². The minimum absolute atomic E-state index is 0.0107. The Morgan fingerprint density at radius 2 is 2.05 bits per heavy atom. The monoisotopic (exact) mass is 285 g/mol. The molecule has 1 fully saturated rings. The van der Waals surface area contributed by atoms with E-state index in [1.54, 1.807) is 6.07 Å². The summed E-state index contributed by atoms with van der Waals surface area (Å²) < 4.78 is 22.4. The summed E-state index contributed by atoms with van der Waals surface area (Å²) in [7, 11) is -3.74. The van der Waals surface area contributed by atoms with Gasteiger partial charge in [0.15, 0.2) is 0 Å². The smallest absolute Gasteiger partial charge is 0.238 e. The van der Waals surface area contributed by atoms with Crippen molar-refractivity contribution in [1.82, 2.24) is 0 Å². The zero-order valence-electron chi connectivity index (χ0n) is 10.9. The lowest BCUT2D eigenvalue weighted by Crippen LogP contribution is -2.56. The van der Waals surface area contributed by atoms with Gasteiger partial charge < -0.3 is 16.2 Å². The van der Waals surface area contributed by atoms with Crippen LogP contribution in [-0.4, -0.2) is 25.7 Å². The number of nitrogens with one attached hydrogen (secondary N) is 1. The van der Waals surface area contributed by atoms with E-state index in [0.717, 1.165) is 0 Å². The molecule has 19 heavy (non-hydrogen) atoms. The molecule has 2 atom stereocenters. The van der Waals surface area contributed by atoms with E-state index in [0.29, 0.717) is 17.8 Å². The molecule has 1 aliphatic rings. The second-order valence-corrected chi connectivity index (χ2v) is 7.13. The number of rotatable bonds is 3. The average Bonchev–Trinajstić information content (AvgIpc) is 2.29. The first kappa shape index (κ1) is 14.1. The number of hydrogen-bond acceptors (Lipinski definition) is 5. The Bertz CT molecular complexity index is 598. The van der Waals surface area contributed by atoms with E-state index in [2.05, 4.69) is 5.32 Å². The van der Waals surface area contributed by atoms with Gasteiger partial charge in [-0.05, 0) is 24.6 Å². The standard InChI is InChI=1S/C12H19N3O3S/c1-12(2)10(6-11(12)16)15-9-4-3-7(5-8(9)13)19(14,17)18/h3-5,10-11,15-16H,6,13H2,1-2H3,(H2,14,17,18). The van der Waals surface area contributed by atoms with E-state index in [9.17, 15) is 13.5 Å². The summed E-state index contributed by atoms with van der Waals surface area (Å²) in [5, 5.41) is 17.9. The first-order valence-corrected chi connectivity index (χ1v) is 7.54. The van der Waals surface area contributed by atoms with Gasteiger partial charge in [0, 0.05) is 11.5 Å². The summed E-state index contributed by atoms with van der Waals surface area (Å²) in [4.78, 5) is -0.0107. The highest BCUT2D eigenvalue weighted by Gasteiger charge is 2.47. The van der Waals surface area contributed by atoms with Gasteiger partial charge in [0.05, 0.1) is 22.4 Å². The lowest BCUT2D eigenvalue weighted by Gasteiger charge is -2.50. The fraction of sp³-hybridized carbons (Fsp3) is 0.500. The predicted molar refractivity (Wildman–Crippen MR) is 74.0 cm³/mol. The van der Waals surface area contributed by atoms with Crippen LogP contribution in [-0.2, 0) is 10.0 Å². The van der Waals surface area contributed by atoms with Crippen LogP contribution in [0.4, 0.5) is 11.4 Å². The highest BCUT2D eigenvalue weighted by molar-refractivity contribution is 7.89. The molecule has 0 heterocycles. The normalized spacial score (nSPS) is 25.7. The molecule has 0 aliphatic heterocycles. The van der Waals surface area contributed by atoms with Gasteiger partial charge in [-0.2, -0.15) is 0 Å². The maximum absolute atomic E-state index is 11.2. The van der Waals surface area contributed by atoms with Gasteiger partial charge in [-0.15, -0.1) is 0 Å². The first-order valence-electron chi connectivity index (χ1n) is 5.99. The molecule has 2 rings (SSSR count). The third kappa shape index (κ3) is 2.54. The maximum atomic E-state index is 11.2. The van der Waals surface area contributed by atoms with Crippen molar-refractivity contribution in [3.63, 3.8) is 0 Å². The van der Waals surface area contributed by atoms with Crippen LogP contribution in [0.15, 0.2) is 23.1 Å². The van der Waals surface area contributed by atoms with Gasteiger partial charge in [-0.1, -0.05) is 13.8 Å². The molecule has 2 unspecified atom stereocenters. The second-order valence-electron chi connectivity index (χ2n) is 5.56. The number of primary sulfonamides is 1. The fourth-order valence-corrected chi connectivity index (χ4v) is 2.73. The third-order valence-electron chi connectivity index (χ3n) is 3.90. The molecule has 0 aromatic heterocycles. The summed E-state index contributed by atoms with van der Waals surface area (Å²) >= 11 is 0. The van der Waals surface area contributed by atoms with Crippen LogP contribution in [0.5, 0.6) is 0 Å². The zero-order chi connectivity index (χ0) is 14.4. The van der Waals surface area contributed by atoms with E-state index in [4.69, 9.17) is 10.9 Å². The molecule has 0 saturated heterocycles. The second kappa shape index (κ2) is 4.36. The average molecular weight is 285 g/mol. The van der Waals surface area contributed by atoms with Crippen LogP contribution in [0, 0.1) is 5.41 Å². The number of hydrogen-bond donors (Lipinski definition) is 4. The van der Waals surface area contributed by atoms with Crippen LogP contribution < -0.4 is 16.2 Å². The largest absolute Gasteiger partial charge is 0.397 e.